The Morgan fingerprint density at radius 2 is 1.80 bits per heavy atom. The van der Waals surface area contributed by atoms with Gasteiger partial charge in [-0.1, -0.05) is 24.3 Å². The average Bonchev–Trinajstić information content (AvgIpc) is 2.60. The molecule has 1 N–H and O–H groups in total. The quantitative estimate of drug-likeness (QED) is 0.839. The molecule has 0 saturated heterocycles. The molecular formula is C19H21FN2O3. The van der Waals surface area contributed by atoms with Crippen LogP contribution in [-0.2, 0) is 16.1 Å². The van der Waals surface area contributed by atoms with Gasteiger partial charge in [-0.15, -0.1) is 0 Å². The molecule has 0 atom stereocenters. The number of methoxy groups -OCH3 is 1. The first-order valence-corrected chi connectivity index (χ1v) is 7.92. The summed E-state index contributed by atoms with van der Waals surface area (Å²) in [5.41, 5.74) is 1.39. The van der Waals surface area contributed by atoms with Gasteiger partial charge in [0.25, 0.3) is 0 Å². The van der Waals surface area contributed by atoms with Crippen LogP contribution in [0.1, 0.15) is 18.9 Å². The first-order valence-electron chi connectivity index (χ1n) is 7.92. The van der Waals surface area contributed by atoms with Gasteiger partial charge >= 0.3 is 0 Å². The largest absolute Gasteiger partial charge is 0.495 e. The smallest absolute Gasteiger partial charge is 0.226 e. The van der Waals surface area contributed by atoms with Crippen molar-refractivity contribution in [1.82, 2.24) is 4.90 Å². The number of ether oxygens (including phenoxy) is 1. The molecule has 25 heavy (non-hydrogen) atoms. The highest BCUT2D eigenvalue weighted by molar-refractivity contribution is 5.92. The minimum absolute atomic E-state index is 0.144. The van der Waals surface area contributed by atoms with Crippen LogP contribution in [0.3, 0.4) is 0 Å². The van der Waals surface area contributed by atoms with Crippen LogP contribution in [0.25, 0.3) is 0 Å². The standard InChI is InChI=1S/C19H21FN2O3/c1-14(23)22(13-15-7-9-16(20)10-8-15)12-11-19(24)21-17-5-3-4-6-18(17)25-2/h3-10H,11-13H2,1-2H3,(H,21,24). The van der Waals surface area contributed by atoms with Crippen LogP contribution in [0.2, 0.25) is 0 Å². The fourth-order valence-electron chi connectivity index (χ4n) is 2.36. The molecule has 0 fully saturated rings. The summed E-state index contributed by atoms with van der Waals surface area (Å²) in [6.45, 7) is 2.05. The molecule has 5 nitrogen and oxygen atoms in total. The number of amides is 2. The number of hydrogen-bond donors (Lipinski definition) is 1. The summed E-state index contributed by atoms with van der Waals surface area (Å²) in [6.07, 6.45) is 0.152. The maximum Gasteiger partial charge on any atom is 0.226 e. The summed E-state index contributed by atoms with van der Waals surface area (Å²) in [6, 6.07) is 13.1. The lowest BCUT2D eigenvalue weighted by atomic mass is 10.2. The third-order valence-electron chi connectivity index (χ3n) is 3.72. The van der Waals surface area contributed by atoms with Crippen molar-refractivity contribution < 1.29 is 18.7 Å². The lowest BCUT2D eigenvalue weighted by Gasteiger charge is -2.21. The number of carbonyl (C=O) groups is 2. The van der Waals surface area contributed by atoms with E-state index in [1.165, 1.54) is 26.2 Å². The van der Waals surface area contributed by atoms with E-state index in [-0.39, 0.29) is 30.6 Å². The Bertz CT molecular complexity index is 732. The van der Waals surface area contributed by atoms with Crippen molar-refractivity contribution in [1.29, 1.82) is 0 Å². The highest BCUT2D eigenvalue weighted by Crippen LogP contribution is 2.23. The second-order valence-corrected chi connectivity index (χ2v) is 5.57. The van der Waals surface area contributed by atoms with Crippen molar-refractivity contribution in [2.24, 2.45) is 0 Å². The predicted octanol–water partition coefficient (Wildman–Crippen LogP) is 3.21. The van der Waals surface area contributed by atoms with E-state index in [4.69, 9.17) is 4.74 Å². The Hall–Kier alpha value is -2.89. The van der Waals surface area contributed by atoms with Gasteiger partial charge in [-0.05, 0) is 29.8 Å². The number of nitrogens with one attached hydrogen (secondary N) is 1. The Kier molecular flexibility index (Phi) is 6.51. The molecular weight excluding hydrogens is 323 g/mol. The van der Waals surface area contributed by atoms with Crippen LogP contribution in [0, 0.1) is 5.82 Å². The molecule has 0 unspecified atom stereocenters. The third-order valence-corrected chi connectivity index (χ3v) is 3.72. The van der Waals surface area contributed by atoms with Crippen LogP contribution in [0.4, 0.5) is 10.1 Å². The van der Waals surface area contributed by atoms with Crippen molar-refractivity contribution >= 4 is 17.5 Å². The molecule has 0 aliphatic heterocycles. The van der Waals surface area contributed by atoms with E-state index < -0.39 is 0 Å². The van der Waals surface area contributed by atoms with Crippen molar-refractivity contribution in [3.8, 4) is 5.75 Å². The summed E-state index contributed by atoms with van der Waals surface area (Å²) < 4.78 is 18.2. The Morgan fingerprint density at radius 3 is 2.44 bits per heavy atom. The van der Waals surface area contributed by atoms with Gasteiger partial charge < -0.3 is 15.0 Å². The lowest BCUT2D eigenvalue weighted by Crippen LogP contribution is -2.31. The molecule has 0 heterocycles. The Labute approximate surface area is 146 Å². The number of benzene rings is 2. The van der Waals surface area contributed by atoms with Crippen LogP contribution in [0.15, 0.2) is 48.5 Å². The topological polar surface area (TPSA) is 58.6 Å². The fraction of sp³-hybridized carbons (Fsp3) is 0.263. The summed E-state index contributed by atoms with van der Waals surface area (Å²) in [4.78, 5) is 25.5. The zero-order chi connectivity index (χ0) is 18.2. The fourth-order valence-corrected chi connectivity index (χ4v) is 2.36. The zero-order valence-corrected chi connectivity index (χ0v) is 14.3. The highest BCUT2D eigenvalue weighted by atomic mass is 19.1. The monoisotopic (exact) mass is 344 g/mol. The van der Waals surface area contributed by atoms with E-state index in [1.54, 1.807) is 35.2 Å². The molecule has 0 spiro atoms. The SMILES string of the molecule is COc1ccccc1NC(=O)CCN(Cc1ccc(F)cc1)C(C)=O. The van der Waals surface area contributed by atoms with Crippen molar-refractivity contribution in [3.63, 3.8) is 0 Å². The van der Waals surface area contributed by atoms with E-state index in [1.807, 2.05) is 6.07 Å². The van der Waals surface area contributed by atoms with Crippen molar-refractivity contribution in [2.45, 2.75) is 19.9 Å². The van der Waals surface area contributed by atoms with Gasteiger partial charge in [-0.2, -0.15) is 0 Å². The number of nitrogens with zero attached hydrogens (tertiary/aromatic N) is 1. The summed E-state index contributed by atoms with van der Waals surface area (Å²) in [5.74, 6) is -0.107. The number of carbonyl (C=O) groups excluding carboxylic acids is 2. The van der Waals surface area contributed by atoms with Gasteiger partial charge in [0.15, 0.2) is 0 Å². The Morgan fingerprint density at radius 1 is 1.12 bits per heavy atom. The van der Waals surface area contributed by atoms with Crippen LogP contribution < -0.4 is 10.1 Å². The van der Waals surface area contributed by atoms with Crippen LogP contribution in [0.5, 0.6) is 5.75 Å². The van der Waals surface area contributed by atoms with Crippen molar-refractivity contribution in [3.05, 3.63) is 59.9 Å². The molecule has 132 valence electrons. The van der Waals surface area contributed by atoms with E-state index >= 15 is 0 Å². The minimum atomic E-state index is -0.325. The third kappa shape index (κ3) is 5.60. The molecule has 0 aliphatic rings. The van der Waals surface area contributed by atoms with E-state index in [2.05, 4.69) is 5.32 Å². The van der Waals surface area contributed by atoms with Crippen LogP contribution >= 0.6 is 0 Å². The molecule has 0 saturated carbocycles. The first-order chi connectivity index (χ1) is 12.0. The molecule has 0 aliphatic carbocycles. The molecule has 2 rings (SSSR count). The van der Waals surface area contributed by atoms with Gasteiger partial charge in [-0.25, -0.2) is 4.39 Å². The van der Waals surface area contributed by atoms with Gasteiger partial charge in [0, 0.05) is 26.4 Å². The number of hydrogen-bond acceptors (Lipinski definition) is 3. The lowest BCUT2D eigenvalue weighted by molar-refractivity contribution is -0.129. The highest BCUT2D eigenvalue weighted by Gasteiger charge is 2.13. The Balaban J connectivity index is 1.93. The maximum absolute atomic E-state index is 13.0. The first kappa shape index (κ1) is 18.4. The second kappa shape index (κ2) is 8.82. The average molecular weight is 344 g/mol. The summed E-state index contributed by atoms with van der Waals surface area (Å²) in [7, 11) is 1.53. The number of halogens is 1. The van der Waals surface area contributed by atoms with E-state index in [9.17, 15) is 14.0 Å². The van der Waals surface area contributed by atoms with Gasteiger partial charge in [0.2, 0.25) is 11.8 Å². The molecule has 0 radical (unpaired) electrons. The summed E-state index contributed by atoms with van der Waals surface area (Å²) in [5, 5.41) is 2.78. The number of para-hydroxylation sites is 2. The van der Waals surface area contributed by atoms with Crippen LogP contribution in [-0.4, -0.2) is 30.4 Å². The molecule has 0 aromatic heterocycles. The maximum atomic E-state index is 13.0. The predicted molar refractivity (Wildman–Crippen MR) is 93.7 cm³/mol. The second-order valence-electron chi connectivity index (χ2n) is 5.57. The van der Waals surface area contributed by atoms with Gasteiger partial charge in [0.05, 0.1) is 12.8 Å². The van der Waals surface area contributed by atoms with Crippen molar-refractivity contribution in [2.75, 3.05) is 19.0 Å². The summed E-state index contributed by atoms with van der Waals surface area (Å²) >= 11 is 0. The molecule has 2 aromatic carbocycles. The van der Waals surface area contributed by atoms with E-state index in [0.717, 1.165) is 5.56 Å². The minimum Gasteiger partial charge on any atom is -0.495 e. The number of rotatable bonds is 7. The molecule has 2 aromatic rings. The molecule has 2 amide bonds. The molecule has 6 heteroatoms. The number of anilines is 1. The van der Waals surface area contributed by atoms with Gasteiger partial charge in [0.1, 0.15) is 11.6 Å². The van der Waals surface area contributed by atoms with E-state index in [0.29, 0.717) is 18.0 Å². The zero-order valence-electron chi connectivity index (χ0n) is 14.3. The van der Waals surface area contributed by atoms with Gasteiger partial charge in [-0.3, -0.25) is 9.59 Å². The molecule has 0 bridgehead atoms. The normalized spacial score (nSPS) is 10.2.